The molecule has 5 nitrogen and oxygen atoms in total. The number of carboxylic acid groups (broad SMARTS) is 1. The quantitative estimate of drug-likeness (QED) is 0.765. The Kier molecular flexibility index (Phi) is 4.46. The van der Waals surface area contributed by atoms with Gasteiger partial charge in [0.1, 0.15) is 0 Å². The number of hydrogen-bond acceptors (Lipinski definition) is 3. The average molecular weight is 375 g/mol. The third-order valence-electron chi connectivity index (χ3n) is 5.69. The van der Waals surface area contributed by atoms with Gasteiger partial charge in [0, 0.05) is 29.9 Å². The van der Waals surface area contributed by atoms with Gasteiger partial charge in [-0.05, 0) is 28.7 Å². The van der Waals surface area contributed by atoms with Crippen molar-refractivity contribution in [3.05, 3.63) is 70.9 Å². The molecule has 0 saturated heterocycles. The number of carboxylic acids is 1. The largest absolute Gasteiger partial charge is 0.548 e. The topological polar surface area (TPSA) is 76.2 Å². The predicted octanol–water partition coefficient (Wildman–Crippen LogP) is 2.90. The Morgan fingerprint density at radius 3 is 2.39 bits per heavy atom. The van der Waals surface area contributed by atoms with Crippen molar-refractivity contribution in [3.63, 3.8) is 0 Å². The van der Waals surface area contributed by atoms with Crippen LogP contribution in [0.5, 0.6) is 0 Å². The molecule has 0 unspecified atom stereocenters. The number of amides is 1. The SMILES string of the molecule is CC(=O)N1[C@@H](c2ccc(C(C)C)cc2)c2[nH]c3ccccc3c2C[C@@H]1C(=O)[O-]. The van der Waals surface area contributed by atoms with E-state index in [1.54, 1.807) is 0 Å². The number of nitrogens with one attached hydrogen (secondary N) is 1. The van der Waals surface area contributed by atoms with Crippen molar-refractivity contribution >= 4 is 22.8 Å². The number of fused-ring (bicyclic) bond motifs is 3. The average Bonchev–Trinajstić information content (AvgIpc) is 3.04. The highest BCUT2D eigenvalue weighted by Crippen LogP contribution is 2.41. The predicted molar refractivity (Wildman–Crippen MR) is 106 cm³/mol. The highest BCUT2D eigenvalue weighted by Gasteiger charge is 2.39. The van der Waals surface area contributed by atoms with Gasteiger partial charge in [0.05, 0.1) is 18.1 Å². The summed E-state index contributed by atoms with van der Waals surface area (Å²) in [5.74, 6) is -1.12. The first kappa shape index (κ1) is 18.3. The van der Waals surface area contributed by atoms with Crippen LogP contribution >= 0.6 is 0 Å². The van der Waals surface area contributed by atoms with Gasteiger partial charge in [-0.25, -0.2) is 0 Å². The Bertz CT molecular complexity index is 1050. The van der Waals surface area contributed by atoms with Crippen molar-refractivity contribution in [2.45, 2.75) is 45.2 Å². The van der Waals surface area contributed by atoms with E-state index in [0.717, 1.165) is 27.7 Å². The summed E-state index contributed by atoms with van der Waals surface area (Å²) in [6.45, 7) is 5.66. The monoisotopic (exact) mass is 375 g/mol. The minimum atomic E-state index is -1.23. The Morgan fingerprint density at radius 1 is 1.11 bits per heavy atom. The number of H-pyrrole nitrogens is 1. The van der Waals surface area contributed by atoms with Crippen LogP contribution in [0.3, 0.4) is 0 Å². The van der Waals surface area contributed by atoms with Crippen LogP contribution < -0.4 is 5.11 Å². The normalized spacial score (nSPS) is 19.1. The number of rotatable bonds is 3. The molecule has 1 aromatic heterocycles. The first-order chi connectivity index (χ1) is 13.4. The number of carbonyl (C=O) groups is 2. The number of aromatic amines is 1. The molecule has 5 heteroatoms. The molecule has 1 aliphatic rings. The summed E-state index contributed by atoms with van der Waals surface area (Å²) >= 11 is 0. The molecule has 0 fully saturated rings. The second-order valence-corrected chi connectivity index (χ2v) is 7.75. The fourth-order valence-electron chi connectivity index (χ4n) is 4.27. The summed E-state index contributed by atoms with van der Waals surface area (Å²) in [5, 5.41) is 12.9. The number of para-hydroxylation sites is 1. The zero-order chi connectivity index (χ0) is 20.0. The molecule has 0 bridgehead atoms. The lowest BCUT2D eigenvalue weighted by molar-refractivity contribution is -0.312. The Balaban J connectivity index is 1.94. The molecular weight excluding hydrogens is 352 g/mol. The maximum Gasteiger partial charge on any atom is 0.220 e. The van der Waals surface area contributed by atoms with Crippen molar-refractivity contribution in [3.8, 4) is 0 Å². The maximum absolute atomic E-state index is 12.5. The first-order valence-corrected chi connectivity index (χ1v) is 9.57. The zero-order valence-corrected chi connectivity index (χ0v) is 16.2. The molecular formula is C23H23N2O3-. The summed E-state index contributed by atoms with van der Waals surface area (Å²) in [5.41, 5.74) is 4.85. The van der Waals surface area contributed by atoms with E-state index >= 15 is 0 Å². The third-order valence-corrected chi connectivity index (χ3v) is 5.69. The number of hydrogen-bond donors (Lipinski definition) is 1. The van der Waals surface area contributed by atoms with Gasteiger partial charge in [-0.3, -0.25) is 4.79 Å². The van der Waals surface area contributed by atoms with E-state index < -0.39 is 18.1 Å². The van der Waals surface area contributed by atoms with E-state index in [9.17, 15) is 14.7 Å². The van der Waals surface area contributed by atoms with E-state index in [1.165, 1.54) is 17.4 Å². The summed E-state index contributed by atoms with van der Waals surface area (Å²) in [6, 6.07) is 14.4. The second kappa shape index (κ2) is 6.82. The smallest absolute Gasteiger partial charge is 0.220 e. The van der Waals surface area contributed by atoms with Crippen LogP contribution in [0.4, 0.5) is 0 Å². The molecule has 4 rings (SSSR count). The van der Waals surface area contributed by atoms with E-state index in [0.29, 0.717) is 5.92 Å². The van der Waals surface area contributed by atoms with Gasteiger partial charge < -0.3 is 19.8 Å². The van der Waals surface area contributed by atoms with E-state index in [1.807, 2.05) is 48.5 Å². The van der Waals surface area contributed by atoms with Gasteiger partial charge in [0.15, 0.2) is 0 Å². The fraction of sp³-hybridized carbons (Fsp3) is 0.304. The first-order valence-electron chi connectivity index (χ1n) is 9.57. The van der Waals surface area contributed by atoms with Crippen LogP contribution in [0.1, 0.15) is 55.1 Å². The Labute approximate surface area is 164 Å². The Morgan fingerprint density at radius 2 is 1.79 bits per heavy atom. The van der Waals surface area contributed by atoms with Crippen LogP contribution in [0.15, 0.2) is 48.5 Å². The summed E-state index contributed by atoms with van der Waals surface area (Å²) < 4.78 is 0. The zero-order valence-electron chi connectivity index (χ0n) is 16.2. The lowest BCUT2D eigenvalue weighted by Gasteiger charge is -2.42. The van der Waals surface area contributed by atoms with Crippen molar-refractivity contribution < 1.29 is 14.7 Å². The molecule has 144 valence electrons. The van der Waals surface area contributed by atoms with Gasteiger partial charge in [0.2, 0.25) is 5.91 Å². The van der Waals surface area contributed by atoms with E-state index in [-0.39, 0.29) is 12.3 Å². The van der Waals surface area contributed by atoms with Gasteiger partial charge in [-0.2, -0.15) is 0 Å². The number of nitrogens with zero attached hydrogens (tertiary/aromatic N) is 1. The molecule has 2 atom stereocenters. The van der Waals surface area contributed by atoms with E-state index in [4.69, 9.17) is 0 Å². The molecule has 0 radical (unpaired) electrons. The van der Waals surface area contributed by atoms with Crippen molar-refractivity contribution in [1.82, 2.24) is 9.88 Å². The molecule has 0 saturated carbocycles. The molecule has 2 aromatic carbocycles. The third kappa shape index (κ3) is 2.87. The van der Waals surface area contributed by atoms with Gasteiger partial charge in [0.25, 0.3) is 0 Å². The highest BCUT2D eigenvalue weighted by molar-refractivity contribution is 5.89. The highest BCUT2D eigenvalue weighted by atomic mass is 16.4. The molecule has 0 spiro atoms. The lowest BCUT2D eigenvalue weighted by Crippen LogP contribution is -2.55. The number of aliphatic carboxylic acids is 1. The summed E-state index contributed by atoms with van der Waals surface area (Å²) in [4.78, 5) is 29.3. The maximum atomic E-state index is 12.5. The summed E-state index contributed by atoms with van der Waals surface area (Å²) in [6.07, 6.45) is 0.238. The van der Waals surface area contributed by atoms with Gasteiger partial charge >= 0.3 is 0 Å². The van der Waals surface area contributed by atoms with Gasteiger partial charge in [-0.15, -0.1) is 0 Å². The molecule has 28 heavy (non-hydrogen) atoms. The number of aromatic nitrogens is 1. The van der Waals surface area contributed by atoms with Crippen LogP contribution in [-0.2, 0) is 16.0 Å². The van der Waals surface area contributed by atoms with Crippen molar-refractivity contribution in [1.29, 1.82) is 0 Å². The van der Waals surface area contributed by atoms with Crippen molar-refractivity contribution in [2.75, 3.05) is 0 Å². The fourth-order valence-corrected chi connectivity index (χ4v) is 4.27. The van der Waals surface area contributed by atoms with Crippen LogP contribution in [-0.4, -0.2) is 27.8 Å². The Hall–Kier alpha value is -3.08. The van der Waals surface area contributed by atoms with Crippen LogP contribution in [0.25, 0.3) is 10.9 Å². The standard InChI is InChI=1S/C23H24N2O3/c1-13(2)15-8-10-16(11-9-15)22-21-18(17-6-4-5-7-19(17)24-21)12-20(23(27)28)25(22)14(3)26/h4-11,13,20,22,24H,12H2,1-3H3,(H,27,28)/p-1/t20-,22+/m1/s1. The lowest BCUT2D eigenvalue weighted by atomic mass is 9.87. The minimum Gasteiger partial charge on any atom is -0.548 e. The molecule has 1 N–H and O–H groups in total. The van der Waals surface area contributed by atoms with Crippen LogP contribution in [0.2, 0.25) is 0 Å². The van der Waals surface area contributed by atoms with E-state index in [2.05, 4.69) is 18.8 Å². The minimum absolute atomic E-state index is 0.238. The van der Waals surface area contributed by atoms with Gasteiger partial charge in [-0.1, -0.05) is 56.3 Å². The number of carbonyl (C=O) groups excluding carboxylic acids is 2. The molecule has 2 heterocycles. The molecule has 3 aromatic rings. The second-order valence-electron chi connectivity index (χ2n) is 7.75. The molecule has 1 amide bonds. The van der Waals surface area contributed by atoms with Crippen molar-refractivity contribution in [2.24, 2.45) is 0 Å². The molecule has 1 aliphatic heterocycles. The van der Waals surface area contributed by atoms with Crippen LogP contribution in [0, 0.1) is 0 Å². The summed E-state index contributed by atoms with van der Waals surface area (Å²) in [7, 11) is 0. The number of benzene rings is 2. The molecule has 0 aliphatic carbocycles.